The number of amides is 3. The van der Waals surface area contributed by atoms with E-state index in [1.807, 2.05) is 75.4 Å². The van der Waals surface area contributed by atoms with Crippen molar-refractivity contribution in [1.82, 2.24) is 9.80 Å². The van der Waals surface area contributed by atoms with Gasteiger partial charge in [-0.05, 0) is 70.4 Å². The molecule has 3 heterocycles. The van der Waals surface area contributed by atoms with Gasteiger partial charge in [0, 0.05) is 29.6 Å². The van der Waals surface area contributed by atoms with Crippen LogP contribution in [0.4, 0.5) is 5.69 Å². The van der Waals surface area contributed by atoms with Gasteiger partial charge in [-0.15, -0.1) is 24.9 Å². The average molecular weight is 632 g/mol. The SMILES string of the molecule is C=CCN(C(=O)[C@@H]1[C@H]2C(=O)N([C@H](CO)c3ccccc3)C(C(=O)N(CC=C)C(C)C)C23CC[C@@]1(C)S3)c1ccc(OCC)cc1. The van der Waals surface area contributed by atoms with E-state index in [1.165, 1.54) is 0 Å². The first-order chi connectivity index (χ1) is 21.6. The van der Waals surface area contributed by atoms with Crippen LogP contribution >= 0.6 is 11.8 Å². The number of thioether (sulfide) groups is 1. The molecule has 0 radical (unpaired) electrons. The maximum Gasteiger partial charge on any atom is 0.247 e. The van der Waals surface area contributed by atoms with Crippen LogP contribution in [0.25, 0.3) is 0 Å². The van der Waals surface area contributed by atoms with Gasteiger partial charge in [0.15, 0.2) is 0 Å². The number of aliphatic hydroxyl groups excluding tert-OH is 1. The van der Waals surface area contributed by atoms with Crippen LogP contribution in [0.1, 0.15) is 52.1 Å². The minimum atomic E-state index is -0.849. The molecule has 9 heteroatoms. The largest absolute Gasteiger partial charge is 0.494 e. The lowest BCUT2D eigenvalue weighted by Crippen LogP contribution is -2.57. The van der Waals surface area contributed by atoms with Crippen molar-refractivity contribution in [3.8, 4) is 5.75 Å². The zero-order valence-corrected chi connectivity index (χ0v) is 27.5. The first-order valence-corrected chi connectivity index (χ1v) is 16.6. The molecule has 0 saturated carbocycles. The summed E-state index contributed by atoms with van der Waals surface area (Å²) in [7, 11) is 0. The molecule has 2 unspecified atom stereocenters. The number of hydrogen-bond acceptors (Lipinski definition) is 6. The summed E-state index contributed by atoms with van der Waals surface area (Å²) in [6.07, 6.45) is 4.71. The predicted molar refractivity (Wildman–Crippen MR) is 179 cm³/mol. The maximum absolute atomic E-state index is 14.9. The van der Waals surface area contributed by atoms with Gasteiger partial charge in [-0.2, -0.15) is 0 Å². The Morgan fingerprint density at radius 2 is 1.73 bits per heavy atom. The summed E-state index contributed by atoms with van der Waals surface area (Å²) in [5.74, 6) is -1.27. The van der Waals surface area contributed by atoms with Crippen molar-refractivity contribution >= 4 is 35.2 Å². The molecular weight excluding hydrogens is 586 g/mol. The van der Waals surface area contributed by atoms with E-state index in [-0.39, 0.29) is 36.9 Å². The van der Waals surface area contributed by atoms with Gasteiger partial charge in [-0.25, -0.2) is 0 Å². The van der Waals surface area contributed by atoms with Gasteiger partial charge in [0.1, 0.15) is 11.8 Å². The minimum absolute atomic E-state index is 0.133. The second-order valence-electron chi connectivity index (χ2n) is 12.6. The highest BCUT2D eigenvalue weighted by Crippen LogP contribution is 2.72. The Morgan fingerprint density at radius 3 is 2.31 bits per heavy atom. The molecule has 8 nitrogen and oxygen atoms in total. The zero-order chi connectivity index (χ0) is 32.5. The lowest BCUT2D eigenvalue weighted by atomic mass is 9.66. The highest BCUT2D eigenvalue weighted by Gasteiger charge is 2.78. The smallest absolute Gasteiger partial charge is 0.247 e. The van der Waals surface area contributed by atoms with Gasteiger partial charge in [-0.1, -0.05) is 42.5 Å². The zero-order valence-electron chi connectivity index (χ0n) is 26.7. The third kappa shape index (κ3) is 5.48. The number of aliphatic hydroxyl groups is 1. The van der Waals surface area contributed by atoms with Gasteiger partial charge < -0.3 is 24.5 Å². The first-order valence-electron chi connectivity index (χ1n) is 15.8. The maximum atomic E-state index is 14.9. The minimum Gasteiger partial charge on any atom is -0.494 e. The summed E-state index contributed by atoms with van der Waals surface area (Å²) in [5.41, 5.74) is 1.44. The fourth-order valence-electron chi connectivity index (χ4n) is 7.74. The van der Waals surface area contributed by atoms with Crippen LogP contribution in [0.3, 0.4) is 0 Å². The molecule has 3 amide bonds. The number of likely N-dealkylation sites (tertiary alicyclic amines) is 1. The van der Waals surface area contributed by atoms with Crippen LogP contribution < -0.4 is 9.64 Å². The monoisotopic (exact) mass is 631 g/mol. The lowest BCUT2D eigenvalue weighted by Gasteiger charge is -2.40. The second-order valence-corrected chi connectivity index (χ2v) is 14.5. The fraction of sp³-hybridized carbons (Fsp3) is 0.472. The Bertz CT molecular complexity index is 1430. The predicted octanol–water partition coefficient (Wildman–Crippen LogP) is 5.24. The van der Waals surface area contributed by atoms with Crippen LogP contribution in [0.2, 0.25) is 0 Å². The summed E-state index contributed by atoms with van der Waals surface area (Å²) >= 11 is 1.63. The van der Waals surface area contributed by atoms with Crippen molar-refractivity contribution in [2.45, 2.75) is 68.2 Å². The molecule has 3 aliphatic heterocycles. The average Bonchev–Trinajstić information content (AvgIpc) is 3.60. The number of nitrogens with zero attached hydrogens (tertiary/aromatic N) is 3. The fourth-order valence-corrected chi connectivity index (χ4v) is 10.1. The normalized spacial score (nSPS) is 27.3. The van der Waals surface area contributed by atoms with E-state index in [1.54, 1.807) is 38.6 Å². The molecule has 2 bridgehead atoms. The van der Waals surface area contributed by atoms with Crippen molar-refractivity contribution in [3.05, 3.63) is 85.5 Å². The summed E-state index contributed by atoms with van der Waals surface area (Å²) in [5, 5.41) is 10.8. The van der Waals surface area contributed by atoms with Crippen molar-refractivity contribution in [1.29, 1.82) is 0 Å². The van der Waals surface area contributed by atoms with E-state index in [2.05, 4.69) is 20.1 Å². The number of fused-ring (bicyclic) bond motifs is 1. The third-order valence-electron chi connectivity index (χ3n) is 9.68. The van der Waals surface area contributed by atoms with Crippen LogP contribution in [-0.2, 0) is 14.4 Å². The first kappa shape index (κ1) is 32.8. The number of rotatable bonds is 13. The molecule has 3 aliphatic rings. The number of benzene rings is 2. The number of anilines is 1. The highest BCUT2D eigenvalue weighted by atomic mass is 32.2. The molecular formula is C36H45N3O5S. The Labute approximate surface area is 271 Å². The molecule has 5 rings (SSSR count). The number of hydrogen-bond donors (Lipinski definition) is 1. The Morgan fingerprint density at radius 1 is 1.07 bits per heavy atom. The van der Waals surface area contributed by atoms with Crippen molar-refractivity contribution in [2.75, 3.05) is 31.2 Å². The molecule has 6 atom stereocenters. The molecule has 0 aliphatic carbocycles. The Hall–Kier alpha value is -3.56. The molecule has 2 aromatic carbocycles. The number of ether oxygens (including phenoxy) is 1. The van der Waals surface area contributed by atoms with Gasteiger partial charge in [0.05, 0.1) is 35.8 Å². The van der Waals surface area contributed by atoms with Crippen LogP contribution in [0.5, 0.6) is 5.75 Å². The standard InChI is InChI=1S/C36H45N3O5S/c1-7-21-37(24(4)5)34(43)31-36-20-19-35(6,45-36)29(30(36)33(42)39(31)28(23-40)25-13-11-10-12-14-25)32(41)38(22-8-2)26-15-17-27(18-16-26)44-9-3/h7-8,10-18,24,28-31,40H,1-2,9,19-23H2,3-6H3/t28-,29+,30+,31?,35-,36?/m1/s1. The number of carbonyl (C=O) groups is 3. The van der Waals surface area contributed by atoms with E-state index in [0.29, 0.717) is 37.4 Å². The quantitative estimate of drug-likeness (QED) is 0.304. The lowest BCUT2D eigenvalue weighted by molar-refractivity contribution is -0.146. The molecule has 45 heavy (non-hydrogen) atoms. The van der Waals surface area contributed by atoms with Crippen LogP contribution in [-0.4, -0.2) is 80.5 Å². The van der Waals surface area contributed by atoms with Crippen LogP contribution in [0.15, 0.2) is 79.9 Å². The van der Waals surface area contributed by atoms with E-state index in [0.717, 1.165) is 5.56 Å². The van der Waals surface area contributed by atoms with E-state index < -0.39 is 33.4 Å². The van der Waals surface area contributed by atoms with Gasteiger partial charge in [-0.3, -0.25) is 14.4 Å². The summed E-state index contributed by atoms with van der Waals surface area (Å²) in [4.78, 5) is 49.4. The highest BCUT2D eigenvalue weighted by molar-refractivity contribution is 8.02. The molecule has 2 aromatic rings. The summed E-state index contributed by atoms with van der Waals surface area (Å²) < 4.78 is 4.25. The molecule has 3 fully saturated rings. The Balaban J connectivity index is 1.62. The number of carbonyl (C=O) groups excluding carboxylic acids is 3. The van der Waals surface area contributed by atoms with Gasteiger partial charge in [0.2, 0.25) is 17.7 Å². The van der Waals surface area contributed by atoms with E-state index >= 15 is 0 Å². The topological polar surface area (TPSA) is 90.4 Å². The van der Waals surface area contributed by atoms with Gasteiger partial charge in [0.25, 0.3) is 0 Å². The van der Waals surface area contributed by atoms with E-state index in [9.17, 15) is 19.5 Å². The molecule has 1 spiro atoms. The molecule has 0 aromatic heterocycles. The third-order valence-corrected chi connectivity index (χ3v) is 11.7. The van der Waals surface area contributed by atoms with E-state index in [4.69, 9.17) is 4.74 Å². The molecule has 3 saturated heterocycles. The summed E-state index contributed by atoms with van der Waals surface area (Å²) in [6, 6.07) is 15.0. The Kier molecular flexibility index (Phi) is 9.52. The second kappa shape index (κ2) is 13.0. The van der Waals surface area contributed by atoms with Crippen LogP contribution in [0, 0.1) is 11.8 Å². The molecule has 1 N–H and O–H groups in total. The van der Waals surface area contributed by atoms with Gasteiger partial charge >= 0.3 is 0 Å². The summed E-state index contributed by atoms with van der Waals surface area (Å²) in [6.45, 7) is 16.5. The molecule has 240 valence electrons. The van der Waals surface area contributed by atoms with Crippen molar-refractivity contribution < 1.29 is 24.2 Å². The van der Waals surface area contributed by atoms with Crippen molar-refractivity contribution in [3.63, 3.8) is 0 Å². The van der Waals surface area contributed by atoms with Crippen molar-refractivity contribution in [2.24, 2.45) is 11.8 Å².